The van der Waals surface area contributed by atoms with E-state index in [-0.39, 0.29) is 24.5 Å². The maximum atomic E-state index is 12.5. The minimum atomic E-state index is -0.152. The first-order valence-corrected chi connectivity index (χ1v) is 10.9. The average Bonchev–Trinajstić information content (AvgIpc) is 3.38. The number of carbonyl (C=O) groups excluding carboxylic acids is 1. The number of nitrogens with zero attached hydrogens (tertiary/aromatic N) is 3. The van der Waals surface area contributed by atoms with E-state index in [1.165, 1.54) is 11.8 Å². The summed E-state index contributed by atoms with van der Waals surface area (Å²) in [6.07, 6.45) is 0. The summed E-state index contributed by atoms with van der Waals surface area (Å²) in [5.74, 6) is 2.35. The number of nitrogens with one attached hydrogen (secondary N) is 1. The first-order valence-electron chi connectivity index (χ1n) is 9.56. The SMILES string of the molecule is CCn1c(SCC(=O)NC(C)c2ccc3c(c2)OCO3)nnc1-c1ccc(Cl)cc1. The molecule has 1 N–H and O–H groups in total. The van der Waals surface area contributed by atoms with E-state index in [9.17, 15) is 4.79 Å². The number of rotatable bonds is 7. The number of amides is 1. The Morgan fingerprint density at radius 3 is 2.73 bits per heavy atom. The number of hydrogen-bond acceptors (Lipinski definition) is 6. The molecule has 1 aromatic heterocycles. The van der Waals surface area contributed by atoms with Crippen LogP contribution < -0.4 is 14.8 Å². The molecule has 7 nitrogen and oxygen atoms in total. The minimum Gasteiger partial charge on any atom is -0.454 e. The molecule has 1 aliphatic heterocycles. The van der Waals surface area contributed by atoms with Crippen LogP contribution in [0.4, 0.5) is 0 Å². The van der Waals surface area contributed by atoms with Crippen LogP contribution in [0, 0.1) is 0 Å². The van der Waals surface area contributed by atoms with Crippen LogP contribution in [-0.4, -0.2) is 33.2 Å². The predicted molar refractivity (Wildman–Crippen MR) is 116 cm³/mol. The maximum Gasteiger partial charge on any atom is 0.231 e. The number of ether oxygens (including phenoxy) is 2. The van der Waals surface area contributed by atoms with Crippen molar-refractivity contribution in [3.8, 4) is 22.9 Å². The molecule has 9 heteroatoms. The maximum absolute atomic E-state index is 12.5. The highest BCUT2D eigenvalue weighted by Gasteiger charge is 2.18. The second-order valence-electron chi connectivity index (χ2n) is 6.75. The summed E-state index contributed by atoms with van der Waals surface area (Å²) in [5, 5.41) is 12.9. The quantitative estimate of drug-likeness (QED) is 0.547. The Labute approximate surface area is 183 Å². The highest BCUT2D eigenvalue weighted by atomic mass is 35.5. The number of fused-ring (bicyclic) bond motifs is 1. The van der Waals surface area contributed by atoms with Gasteiger partial charge in [-0.15, -0.1) is 10.2 Å². The smallest absolute Gasteiger partial charge is 0.231 e. The van der Waals surface area contributed by atoms with E-state index in [2.05, 4.69) is 15.5 Å². The van der Waals surface area contributed by atoms with Gasteiger partial charge < -0.3 is 19.4 Å². The number of hydrogen-bond donors (Lipinski definition) is 1. The lowest BCUT2D eigenvalue weighted by Gasteiger charge is -2.15. The third kappa shape index (κ3) is 4.39. The molecule has 2 heterocycles. The summed E-state index contributed by atoms with van der Waals surface area (Å²) in [6.45, 7) is 4.89. The van der Waals surface area contributed by atoms with Crippen molar-refractivity contribution in [3.05, 3.63) is 53.1 Å². The van der Waals surface area contributed by atoms with Crippen LogP contribution in [0.25, 0.3) is 11.4 Å². The zero-order valence-electron chi connectivity index (χ0n) is 16.6. The first-order chi connectivity index (χ1) is 14.5. The molecule has 4 rings (SSSR count). The van der Waals surface area contributed by atoms with Gasteiger partial charge in [-0.1, -0.05) is 29.4 Å². The van der Waals surface area contributed by atoms with Gasteiger partial charge in [0.1, 0.15) is 0 Å². The normalized spacial score (nSPS) is 13.3. The molecule has 156 valence electrons. The summed E-state index contributed by atoms with van der Waals surface area (Å²) < 4.78 is 12.7. The molecular weight excluding hydrogens is 424 g/mol. The van der Waals surface area contributed by atoms with E-state index < -0.39 is 0 Å². The molecule has 1 unspecified atom stereocenters. The van der Waals surface area contributed by atoms with Crippen molar-refractivity contribution in [2.45, 2.75) is 31.6 Å². The molecule has 3 aromatic rings. The van der Waals surface area contributed by atoms with Crippen LogP contribution in [0.1, 0.15) is 25.5 Å². The molecule has 0 fully saturated rings. The average molecular weight is 445 g/mol. The highest BCUT2D eigenvalue weighted by molar-refractivity contribution is 7.99. The summed E-state index contributed by atoms with van der Waals surface area (Å²) >= 11 is 7.33. The third-order valence-electron chi connectivity index (χ3n) is 4.74. The number of aromatic nitrogens is 3. The van der Waals surface area contributed by atoms with Crippen molar-refractivity contribution in [2.75, 3.05) is 12.5 Å². The first kappa shape index (κ1) is 20.6. The second kappa shape index (κ2) is 8.97. The standard InChI is InChI=1S/C21H21ClN4O3S/c1-3-26-20(14-4-7-16(22)8-5-14)24-25-21(26)30-11-19(27)23-13(2)15-6-9-17-18(10-15)29-12-28-17/h4-10,13H,3,11-12H2,1-2H3,(H,23,27). The second-order valence-corrected chi connectivity index (χ2v) is 8.13. The van der Waals surface area contributed by atoms with Gasteiger partial charge in [0, 0.05) is 17.1 Å². The van der Waals surface area contributed by atoms with Crippen molar-refractivity contribution in [1.82, 2.24) is 20.1 Å². The highest BCUT2D eigenvalue weighted by Crippen LogP contribution is 2.34. The van der Waals surface area contributed by atoms with Gasteiger partial charge in [0.15, 0.2) is 22.5 Å². The van der Waals surface area contributed by atoms with Crippen LogP contribution in [0.2, 0.25) is 5.02 Å². The van der Waals surface area contributed by atoms with Crippen molar-refractivity contribution >= 4 is 29.3 Å². The van der Waals surface area contributed by atoms with Crippen LogP contribution >= 0.6 is 23.4 Å². The van der Waals surface area contributed by atoms with Gasteiger partial charge in [-0.2, -0.15) is 0 Å². The van der Waals surface area contributed by atoms with E-state index in [4.69, 9.17) is 21.1 Å². The van der Waals surface area contributed by atoms with Crippen molar-refractivity contribution in [1.29, 1.82) is 0 Å². The molecule has 0 radical (unpaired) electrons. The van der Waals surface area contributed by atoms with Gasteiger partial charge in [0.2, 0.25) is 12.7 Å². The van der Waals surface area contributed by atoms with Gasteiger partial charge in [0.25, 0.3) is 0 Å². The fourth-order valence-corrected chi connectivity index (χ4v) is 4.11. The molecule has 0 saturated heterocycles. The molecule has 0 aliphatic carbocycles. The van der Waals surface area contributed by atoms with E-state index >= 15 is 0 Å². The van der Waals surface area contributed by atoms with Crippen LogP contribution in [0.15, 0.2) is 47.6 Å². The zero-order chi connectivity index (χ0) is 21.1. The molecule has 30 heavy (non-hydrogen) atoms. The Kier molecular flexibility index (Phi) is 6.15. The van der Waals surface area contributed by atoms with Crippen LogP contribution in [-0.2, 0) is 11.3 Å². The Hall–Kier alpha value is -2.71. The Balaban J connectivity index is 1.38. The van der Waals surface area contributed by atoms with Crippen LogP contribution in [0.5, 0.6) is 11.5 Å². The van der Waals surface area contributed by atoms with Gasteiger partial charge >= 0.3 is 0 Å². The molecule has 2 aromatic carbocycles. The Morgan fingerprint density at radius 2 is 1.97 bits per heavy atom. The lowest BCUT2D eigenvalue weighted by molar-refractivity contribution is -0.119. The third-order valence-corrected chi connectivity index (χ3v) is 5.96. The molecule has 0 spiro atoms. The molecule has 1 amide bonds. The van der Waals surface area contributed by atoms with E-state index in [1.54, 1.807) is 0 Å². The molecule has 0 bridgehead atoms. The van der Waals surface area contributed by atoms with Crippen LogP contribution in [0.3, 0.4) is 0 Å². The number of benzene rings is 2. The van der Waals surface area contributed by atoms with Gasteiger partial charge in [-0.05, 0) is 55.8 Å². The molecule has 1 aliphatic rings. The Bertz CT molecular complexity index is 1050. The summed E-state index contributed by atoms with van der Waals surface area (Å²) in [7, 11) is 0. The fourth-order valence-electron chi connectivity index (χ4n) is 3.17. The summed E-state index contributed by atoms with van der Waals surface area (Å²) in [5.41, 5.74) is 1.89. The number of thioether (sulfide) groups is 1. The number of carbonyl (C=O) groups is 1. The lowest BCUT2D eigenvalue weighted by Crippen LogP contribution is -2.28. The summed E-state index contributed by atoms with van der Waals surface area (Å²) in [4.78, 5) is 12.5. The van der Waals surface area contributed by atoms with E-state index in [0.29, 0.717) is 22.5 Å². The topological polar surface area (TPSA) is 78.3 Å². The molecular formula is C21H21ClN4O3S. The van der Waals surface area contributed by atoms with E-state index in [0.717, 1.165) is 22.7 Å². The van der Waals surface area contributed by atoms with Gasteiger partial charge in [-0.25, -0.2) is 0 Å². The minimum absolute atomic E-state index is 0.0798. The lowest BCUT2D eigenvalue weighted by atomic mass is 10.1. The van der Waals surface area contributed by atoms with Crippen molar-refractivity contribution < 1.29 is 14.3 Å². The molecule has 0 saturated carbocycles. The molecule has 1 atom stereocenters. The van der Waals surface area contributed by atoms with E-state index in [1.807, 2.05) is 60.9 Å². The Morgan fingerprint density at radius 1 is 1.20 bits per heavy atom. The van der Waals surface area contributed by atoms with Crippen molar-refractivity contribution in [2.24, 2.45) is 0 Å². The summed E-state index contributed by atoms with van der Waals surface area (Å²) in [6, 6.07) is 13.0. The predicted octanol–water partition coefficient (Wildman–Crippen LogP) is 4.32. The largest absolute Gasteiger partial charge is 0.454 e. The van der Waals surface area contributed by atoms with Crippen molar-refractivity contribution in [3.63, 3.8) is 0 Å². The zero-order valence-corrected chi connectivity index (χ0v) is 18.2. The number of halogens is 1. The van der Waals surface area contributed by atoms with Gasteiger partial charge in [0.05, 0.1) is 11.8 Å². The monoisotopic (exact) mass is 444 g/mol. The van der Waals surface area contributed by atoms with Gasteiger partial charge in [-0.3, -0.25) is 4.79 Å². The fraction of sp³-hybridized carbons (Fsp3) is 0.286.